The molecule has 284 valence electrons. The number of aromatic nitrogens is 1. The number of carbonyl (C=O) groups is 1. The number of nitrogens with zero attached hydrogens (tertiary/aromatic N) is 3. The number of carboxylic acid groups (broad SMARTS) is 1. The maximum atomic E-state index is 12.3. The summed E-state index contributed by atoms with van der Waals surface area (Å²) < 4.78 is 80.5. The maximum absolute atomic E-state index is 12.3. The smallest absolute Gasteiger partial charge is 0.303 e. The molecule has 0 fully saturated rings. The van der Waals surface area contributed by atoms with Crippen molar-refractivity contribution in [3.63, 3.8) is 0 Å². The molecule has 0 unspecified atom stereocenters. The number of rotatable bonds is 13. The number of fused-ring (bicyclic) bond motifs is 4. The van der Waals surface area contributed by atoms with Gasteiger partial charge in [-0.25, -0.2) is 4.58 Å². The maximum Gasteiger partial charge on any atom is 0.303 e. The first kappa shape index (κ1) is 38.8. The van der Waals surface area contributed by atoms with Gasteiger partial charge in [0, 0.05) is 61.3 Å². The minimum Gasteiger partial charge on any atom is -0.481 e. The summed E-state index contributed by atoms with van der Waals surface area (Å²) in [5, 5.41) is 13.4. The van der Waals surface area contributed by atoms with Crippen molar-refractivity contribution in [1.82, 2.24) is 4.58 Å². The molecule has 0 saturated carbocycles. The van der Waals surface area contributed by atoms with E-state index in [1.54, 1.807) is 0 Å². The Labute approximate surface area is 314 Å². The fourth-order valence-corrected chi connectivity index (χ4v) is 10.4. The second-order valence-corrected chi connectivity index (χ2v) is 18.7. The van der Waals surface area contributed by atoms with E-state index >= 15 is 0 Å². The van der Waals surface area contributed by atoms with Crippen LogP contribution in [0.15, 0.2) is 48.0 Å². The fraction of sp³-hybridized carbons (Fsp3) is 0.447. The van der Waals surface area contributed by atoms with Crippen molar-refractivity contribution < 1.29 is 45.1 Å². The third kappa shape index (κ3) is 7.86. The van der Waals surface area contributed by atoms with E-state index in [-0.39, 0.29) is 6.42 Å². The van der Waals surface area contributed by atoms with Gasteiger partial charge < -0.3 is 14.7 Å². The van der Waals surface area contributed by atoms with Crippen molar-refractivity contribution in [2.45, 2.75) is 84.8 Å². The van der Waals surface area contributed by atoms with E-state index in [0.29, 0.717) is 70.6 Å². The largest absolute Gasteiger partial charge is 0.481 e. The van der Waals surface area contributed by atoms with Gasteiger partial charge >= 0.3 is 5.97 Å². The van der Waals surface area contributed by atoms with Gasteiger partial charge in [0.2, 0.25) is 5.36 Å². The molecular weight excluding hydrogens is 739 g/mol. The van der Waals surface area contributed by atoms with Crippen molar-refractivity contribution in [3.05, 3.63) is 80.3 Å². The molecule has 3 N–H and O–H groups in total. The molecule has 0 radical (unpaired) electrons. The molecule has 3 aliphatic heterocycles. The molecule has 3 aromatic rings. The van der Waals surface area contributed by atoms with Gasteiger partial charge in [0.25, 0.3) is 25.2 Å². The molecule has 0 saturated heterocycles. The average molecular weight is 786 g/mol. The zero-order valence-corrected chi connectivity index (χ0v) is 33.3. The monoisotopic (exact) mass is 785 g/mol. The number of ether oxygens (including phenoxy) is 1. The molecule has 0 amide bonds. The van der Waals surface area contributed by atoms with Crippen LogP contribution >= 0.6 is 11.3 Å². The Morgan fingerprint density at radius 3 is 2.17 bits per heavy atom. The first-order chi connectivity index (χ1) is 24.7. The highest BCUT2D eigenvalue weighted by molar-refractivity contribution is 7.86. The summed E-state index contributed by atoms with van der Waals surface area (Å²) in [7, 11) is -8.78. The van der Waals surface area contributed by atoms with E-state index in [0.717, 1.165) is 34.5 Å². The minimum atomic E-state index is -4.39. The lowest BCUT2D eigenvalue weighted by atomic mass is 9.85. The van der Waals surface area contributed by atoms with E-state index in [9.17, 15) is 30.7 Å². The number of likely N-dealkylation sites (N-methyl/N-ethyl adjacent to an activating group) is 2. The van der Waals surface area contributed by atoms with Crippen LogP contribution in [0.25, 0.3) is 16.7 Å². The summed E-state index contributed by atoms with van der Waals surface area (Å²) >= 11 is 1.51. The summed E-state index contributed by atoms with van der Waals surface area (Å²) in [5.74, 6) is -0.848. The molecule has 0 atom stereocenters. The van der Waals surface area contributed by atoms with E-state index in [4.69, 9.17) is 9.84 Å². The standard InChI is InChI=1S/C38H45N3O9S3/c1-7-40-30-18-32-28(16-26(30)24(20-37(40,3)4)22-52(44,45)46)35(36-39(14-15-51-36)13-11-9-10-12-34(42)43)29-17-27-25(23-53(47,48)49)21-38(5,6)41(8-2)31(27)19-33(29)50-32/h14-21H,7-13,22-23H2,1-6H3,(H-2,42,43,44,45,46,47,48,49)/p+2. The Kier molecular flexibility index (Phi) is 10.3. The van der Waals surface area contributed by atoms with Crippen LogP contribution in [0.1, 0.15) is 88.9 Å². The lowest BCUT2D eigenvalue weighted by Gasteiger charge is -2.43. The molecule has 1 aromatic heterocycles. The molecule has 0 aliphatic carbocycles. The third-order valence-electron chi connectivity index (χ3n) is 10.2. The van der Waals surface area contributed by atoms with Gasteiger partial charge in [0.05, 0.1) is 28.1 Å². The molecule has 0 spiro atoms. The number of carboxylic acids is 1. The average Bonchev–Trinajstić information content (AvgIpc) is 3.48. The van der Waals surface area contributed by atoms with Crippen molar-refractivity contribution in [2.75, 3.05) is 29.5 Å². The molecule has 6 rings (SSSR count). The van der Waals surface area contributed by atoms with Crippen LogP contribution in [0.3, 0.4) is 0 Å². The lowest BCUT2D eigenvalue weighted by Crippen LogP contribution is -2.50. The number of benzene rings is 2. The summed E-state index contributed by atoms with van der Waals surface area (Å²) in [6.45, 7) is 13.9. The molecule has 3 aliphatic rings. The predicted octanol–water partition coefficient (Wildman–Crippen LogP) is 4.50. The van der Waals surface area contributed by atoms with Crippen molar-refractivity contribution >= 4 is 59.9 Å². The van der Waals surface area contributed by atoms with Crippen LogP contribution in [-0.4, -0.2) is 72.7 Å². The summed E-state index contributed by atoms with van der Waals surface area (Å²) in [6, 6.07) is 7.71. The first-order valence-corrected chi connectivity index (χ1v) is 21.8. The molecule has 0 bridgehead atoms. The van der Waals surface area contributed by atoms with Gasteiger partial charge in [0.1, 0.15) is 36.1 Å². The topological polar surface area (TPSA) is 165 Å². The van der Waals surface area contributed by atoms with Crippen LogP contribution < -0.4 is 29.4 Å². The van der Waals surface area contributed by atoms with Crippen LogP contribution in [0.5, 0.6) is 11.5 Å². The molecule has 4 heterocycles. The Balaban J connectivity index is 1.67. The minimum absolute atomic E-state index is 0.100. The quantitative estimate of drug-likeness (QED) is 0.0999. The Morgan fingerprint density at radius 2 is 1.55 bits per heavy atom. The van der Waals surface area contributed by atoms with Gasteiger partial charge in [-0.2, -0.15) is 21.4 Å². The Bertz CT molecular complexity index is 2430. The zero-order chi connectivity index (χ0) is 38.7. The van der Waals surface area contributed by atoms with Gasteiger partial charge in [-0.3, -0.25) is 13.9 Å². The summed E-state index contributed by atoms with van der Waals surface area (Å²) in [5.41, 5.74) is 3.33. The Hall–Kier alpha value is -3.89. The summed E-state index contributed by atoms with van der Waals surface area (Å²) in [4.78, 5) is 13.3. The van der Waals surface area contributed by atoms with E-state index in [1.165, 1.54) is 11.3 Å². The van der Waals surface area contributed by atoms with Gasteiger partial charge in [-0.05, 0) is 69.9 Å². The van der Waals surface area contributed by atoms with Gasteiger partial charge in [0.15, 0.2) is 11.7 Å². The van der Waals surface area contributed by atoms with Crippen LogP contribution in [0.2, 0.25) is 0 Å². The molecule has 2 aromatic carbocycles. The van der Waals surface area contributed by atoms with Crippen LogP contribution in [0, 0.1) is 0 Å². The highest BCUT2D eigenvalue weighted by Crippen LogP contribution is 2.47. The van der Waals surface area contributed by atoms with Crippen molar-refractivity contribution in [1.29, 1.82) is 0 Å². The number of aryl methyl sites for hydroxylation is 1. The molecule has 53 heavy (non-hydrogen) atoms. The molecule has 12 nitrogen and oxygen atoms in total. The number of hydrogen-bond donors (Lipinski definition) is 3. The third-order valence-corrected chi connectivity index (χ3v) is 12.4. The number of hydrogen-bond acceptors (Lipinski definition) is 8. The highest BCUT2D eigenvalue weighted by Gasteiger charge is 2.39. The normalized spacial score (nSPS) is 17.2. The van der Waals surface area contributed by atoms with Crippen LogP contribution in [0.4, 0.5) is 5.69 Å². The second-order valence-electron chi connectivity index (χ2n) is 14.9. The molecule has 15 heteroatoms. The van der Waals surface area contributed by atoms with E-state index in [1.807, 2.05) is 89.5 Å². The van der Waals surface area contributed by atoms with Gasteiger partial charge in [-0.1, -0.05) is 17.4 Å². The van der Waals surface area contributed by atoms with E-state index in [2.05, 4.69) is 14.0 Å². The molecular formula is C38H47N3O9S3+2. The first-order valence-electron chi connectivity index (χ1n) is 17.7. The second kappa shape index (κ2) is 14.1. The fourth-order valence-electron chi connectivity index (χ4n) is 8.14. The van der Waals surface area contributed by atoms with Gasteiger partial charge in [-0.15, -0.1) is 0 Å². The van der Waals surface area contributed by atoms with Crippen molar-refractivity contribution in [2.24, 2.45) is 0 Å². The van der Waals surface area contributed by atoms with Crippen molar-refractivity contribution in [3.8, 4) is 11.5 Å². The summed E-state index contributed by atoms with van der Waals surface area (Å²) in [6.07, 6.45) is 7.85. The zero-order valence-electron chi connectivity index (χ0n) is 30.8. The number of unbranched alkanes of at least 4 members (excludes halogenated alkanes) is 2. The lowest BCUT2D eigenvalue weighted by molar-refractivity contribution is -0.694. The SMILES string of the molecule is CCN1c2cc3c(cc2C(CS(=O)(=O)O)=CC1(C)C)C(c1scc[n+]1CCCCCC(=O)O)=c1cc2c(cc1O3)=[N+](CC)C(C)(C)C=C2CS(=O)(=O)O. The van der Waals surface area contributed by atoms with Crippen LogP contribution in [-0.2, 0) is 31.6 Å². The van der Waals surface area contributed by atoms with E-state index < -0.39 is 48.8 Å². The number of aliphatic carboxylic acids is 1. The number of anilines is 1. The highest BCUT2D eigenvalue weighted by atomic mass is 32.2. The number of thiazole rings is 1. The Morgan fingerprint density at radius 1 is 0.868 bits per heavy atom. The predicted molar refractivity (Wildman–Crippen MR) is 206 cm³/mol.